The van der Waals surface area contributed by atoms with E-state index < -0.39 is 5.91 Å². The Morgan fingerprint density at radius 1 is 1.50 bits per heavy atom. The topological polar surface area (TPSA) is 99.0 Å². The van der Waals surface area contributed by atoms with Gasteiger partial charge in [0.2, 0.25) is 0 Å². The SMILES string of the molecule is Cn1ccc(Nc2c(Cl)cc(N)cc2C(N)=O)n1. The molecule has 1 amide bonds. The number of nitrogens with one attached hydrogen (secondary N) is 1. The van der Waals surface area contributed by atoms with E-state index >= 15 is 0 Å². The van der Waals surface area contributed by atoms with Gasteiger partial charge in [-0.2, -0.15) is 5.10 Å². The molecule has 1 aromatic heterocycles. The summed E-state index contributed by atoms with van der Waals surface area (Å²) >= 11 is 6.05. The first-order chi connectivity index (χ1) is 8.47. The van der Waals surface area contributed by atoms with Crippen LogP contribution >= 0.6 is 11.6 Å². The maximum absolute atomic E-state index is 11.4. The third kappa shape index (κ3) is 2.38. The predicted octanol–water partition coefficient (Wildman–Crippen LogP) is 1.50. The number of hydrogen-bond acceptors (Lipinski definition) is 4. The van der Waals surface area contributed by atoms with Crippen molar-refractivity contribution in [2.45, 2.75) is 0 Å². The fourth-order valence-electron chi connectivity index (χ4n) is 1.56. The number of benzene rings is 1. The lowest BCUT2D eigenvalue weighted by Gasteiger charge is -2.11. The molecule has 6 nitrogen and oxygen atoms in total. The van der Waals surface area contributed by atoms with Crippen LogP contribution in [0.2, 0.25) is 5.02 Å². The summed E-state index contributed by atoms with van der Waals surface area (Å²) in [5, 5.41) is 7.40. The fourth-order valence-corrected chi connectivity index (χ4v) is 1.83. The third-order valence-corrected chi connectivity index (χ3v) is 2.64. The number of carbonyl (C=O) groups is 1. The van der Waals surface area contributed by atoms with Gasteiger partial charge in [0.05, 0.1) is 16.3 Å². The summed E-state index contributed by atoms with van der Waals surface area (Å²) in [6.45, 7) is 0. The molecule has 0 spiro atoms. The van der Waals surface area contributed by atoms with Crippen LogP contribution in [-0.4, -0.2) is 15.7 Å². The molecule has 0 fully saturated rings. The van der Waals surface area contributed by atoms with Crippen molar-refractivity contribution in [2.24, 2.45) is 12.8 Å². The van der Waals surface area contributed by atoms with E-state index in [2.05, 4.69) is 10.4 Å². The van der Waals surface area contributed by atoms with Crippen LogP contribution in [0, 0.1) is 0 Å². The van der Waals surface area contributed by atoms with Crippen molar-refractivity contribution < 1.29 is 4.79 Å². The number of halogens is 1. The van der Waals surface area contributed by atoms with Crippen LogP contribution in [0.1, 0.15) is 10.4 Å². The van der Waals surface area contributed by atoms with Crippen molar-refractivity contribution in [1.29, 1.82) is 0 Å². The number of primary amides is 1. The summed E-state index contributed by atoms with van der Waals surface area (Å²) < 4.78 is 1.62. The van der Waals surface area contributed by atoms with E-state index in [-0.39, 0.29) is 5.56 Å². The average Bonchev–Trinajstić information content (AvgIpc) is 2.67. The Hall–Kier alpha value is -2.21. The smallest absolute Gasteiger partial charge is 0.250 e. The molecule has 0 bridgehead atoms. The number of anilines is 3. The molecule has 0 aliphatic carbocycles. The van der Waals surface area contributed by atoms with Crippen molar-refractivity contribution in [3.05, 3.63) is 35.0 Å². The van der Waals surface area contributed by atoms with Crippen LogP contribution in [0.25, 0.3) is 0 Å². The van der Waals surface area contributed by atoms with Crippen LogP contribution in [0.15, 0.2) is 24.4 Å². The Morgan fingerprint density at radius 3 is 2.78 bits per heavy atom. The average molecular weight is 266 g/mol. The van der Waals surface area contributed by atoms with Crippen LogP contribution in [0.4, 0.5) is 17.2 Å². The number of rotatable bonds is 3. The molecule has 0 atom stereocenters. The minimum atomic E-state index is -0.609. The Labute approximate surface area is 109 Å². The maximum Gasteiger partial charge on any atom is 0.250 e. The minimum Gasteiger partial charge on any atom is -0.399 e. The standard InChI is InChI=1S/C11H12ClN5O/c1-17-3-2-9(16-17)15-10-7(11(14)18)4-6(13)5-8(10)12/h2-5H,13H2,1H3,(H2,14,18)(H,15,16). The number of nitrogens with zero attached hydrogens (tertiary/aromatic N) is 2. The highest BCUT2D eigenvalue weighted by Crippen LogP contribution is 2.31. The Kier molecular flexibility index (Phi) is 3.12. The van der Waals surface area contributed by atoms with E-state index in [1.165, 1.54) is 6.07 Å². The van der Waals surface area contributed by atoms with Gasteiger partial charge < -0.3 is 16.8 Å². The van der Waals surface area contributed by atoms with Gasteiger partial charge >= 0.3 is 0 Å². The first-order valence-corrected chi connectivity index (χ1v) is 5.50. The van der Waals surface area contributed by atoms with E-state index in [0.29, 0.717) is 22.2 Å². The molecule has 5 N–H and O–H groups in total. The maximum atomic E-state index is 11.4. The van der Waals surface area contributed by atoms with Gasteiger partial charge in [0, 0.05) is 25.0 Å². The highest BCUT2D eigenvalue weighted by molar-refractivity contribution is 6.34. The fraction of sp³-hybridized carbons (Fsp3) is 0.0909. The van der Waals surface area contributed by atoms with Gasteiger partial charge in [0.1, 0.15) is 0 Å². The number of carbonyl (C=O) groups excluding carboxylic acids is 1. The van der Waals surface area contributed by atoms with Gasteiger partial charge in [-0.05, 0) is 12.1 Å². The molecule has 2 rings (SSSR count). The van der Waals surface area contributed by atoms with Crippen LogP contribution in [-0.2, 0) is 7.05 Å². The van der Waals surface area contributed by atoms with Gasteiger partial charge in [-0.3, -0.25) is 9.48 Å². The number of nitrogen functional groups attached to an aromatic ring is 1. The van der Waals surface area contributed by atoms with Crippen molar-refractivity contribution >= 4 is 34.7 Å². The van der Waals surface area contributed by atoms with Gasteiger partial charge in [0.25, 0.3) is 5.91 Å². The van der Waals surface area contributed by atoms with Gasteiger partial charge in [-0.25, -0.2) is 0 Å². The summed E-state index contributed by atoms with van der Waals surface area (Å²) in [4.78, 5) is 11.4. The predicted molar refractivity (Wildman–Crippen MR) is 70.9 cm³/mol. The number of aryl methyl sites for hydroxylation is 1. The van der Waals surface area contributed by atoms with E-state index in [9.17, 15) is 4.79 Å². The first kappa shape index (κ1) is 12.3. The molecule has 0 saturated heterocycles. The summed E-state index contributed by atoms with van der Waals surface area (Å²) in [5.41, 5.74) is 11.9. The van der Waals surface area contributed by atoms with Crippen LogP contribution < -0.4 is 16.8 Å². The van der Waals surface area contributed by atoms with E-state index in [4.69, 9.17) is 23.1 Å². The zero-order valence-corrected chi connectivity index (χ0v) is 10.4. The van der Waals surface area contributed by atoms with Gasteiger partial charge in [-0.15, -0.1) is 0 Å². The molecule has 94 valence electrons. The normalized spacial score (nSPS) is 10.3. The molecule has 1 heterocycles. The molecule has 0 radical (unpaired) electrons. The highest BCUT2D eigenvalue weighted by Gasteiger charge is 2.14. The molecular formula is C11H12ClN5O. The Morgan fingerprint density at radius 2 is 2.22 bits per heavy atom. The molecule has 18 heavy (non-hydrogen) atoms. The van der Waals surface area contributed by atoms with Crippen molar-refractivity contribution in [3.8, 4) is 0 Å². The Bertz CT molecular complexity index is 607. The van der Waals surface area contributed by atoms with Crippen LogP contribution in [0.3, 0.4) is 0 Å². The van der Waals surface area contributed by atoms with E-state index in [1.54, 1.807) is 30.1 Å². The molecule has 2 aromatic rings. The zero-order chi connectivity index (χ0) is 13.3. The number of nitrogens with two attached hydrogens (primary N) is 2. The molecular weight excluding hydrogens is 254 g/mol. The molecule has 0 saturated carbocycles. The monoisotopic (exact) mass is 265 g/mol. The number of hydrogen-bond donors (Lipinski definition) is 3. The minimum absolute atomic E-state index is 0.227. The molecule has 0 aliphatic heterocycles. The zero-order valence-electron chi connectivity index (χ0n) is 9.64. The quantitative estimate of drug-likeness (QED) is 0.732. The summed E-state index contributed by atoms with van der Waals surface area (Å²) in [7, 11) is 1.78. The van der Waals surface area contributed by atoms with Gasteiger partial charge in [0.15, 0.2) is 5.82 Å². The molecule has 1 aromatic carbocycles. The summed E-state index contributed by atoms with van der Waals surface area (Å²) in [6.07, 6.45) is 1.76. The number of amides is 1. The lowest BCUT2D eigenvalue weighted by molar-refractivity contribution is 0.100. The van der Waals surface area contributed by atoms with Crippen molar-refractivity contribution in [2.75, 3.05) is 11.1 Å². The first-order valence-electron chi connectivity index (χ1n) is 5.13. The second-order valence-corrected chi connectivity index (χ2v) is 4.20. The lowest BCUT2D eigenvalue weighted by atomic mass is 10.1. The summed E-state index contributed by atoms with van der Waals surface area (Å²) in [5.74, 6) is -0.0469. The van der Waals surface area contributed by atoms with Crippen molar-refractivity contribution in [1.82, 2.24) is 9.78 Å². The molecule has 0 unspecified atom stereocenters. The third-order valence-electron chi connectivity index (χ3n) is 2.34. The largest absolute Gasteiger partial charge is 0.399 e. The highest BCUT2D eigenvalue weighted by atomic mass is 35.5. The Balaban J connectivity index is 2.46. The molecule has 7 heteroatoms. The van der Waals surface area contributed by atoms with Crippen molar-refractivity contribution in [3.63, 3.8) is 0 Å². The van der Waals surface area contributed by atoms with E-state index in [1.807, 2.05) is 0 Å². The second kappa shape index (κ2) is 4.58. The second-order valence-electron chi connectivity index (χ2n) is 3.79. The van der Waals surface area contributed by atoms with E-state index in [0.717, 1.165) is 0 Å². The number of aromatic nitrogens is 2. The lowest BCUT2D eigenvalue weighted by Crippen LogP contribution is -2.14. The van der Waals surface area contributed by atoms with Gasteiger partial charge in [-0.1, -0.05) is 11.6 Å². The van der Waals surface area contributed by atoms with Crippen LogP contribution in [0.5, 0.6) is 0 Å². The molecule has 0 aliphatic rings. The summed E-state index contributed by atoms with van der Waals surface area (Å²) in [6, 6.07) is 4.76.